The van der Waals surface area contributed by atoms with Gasteiger partial charge < -0.3 is 4.98 Å². The topological polar surface area (TPSA) is 91.5 Å². The van der Waals surface area contributed by atoms with Crippen LogP contribution in [0.3, 0.4) is 0 Å². The quantitative estimate of drug-likeness (QED) is 0.891. The lowest BCUT2D eigenvalue weighted by Crippen LogP contribution is -2.23. The van der Waals surface area contributed by atoms with Crippen molar-refractivity contribution in [3.05, 3.63) is 44.4 Å². The van der Waals surface area contributed by atoms with Crippen LogP contribution in [0.25, 0.3) is 11.3 Å². The van der Waals surface area contributed by atoms with E-state index in [0.717, 1.165) is 6.42 Å². The number of hydrogen-bond acceptors (Lipinski definition) is 4. The first-order chi connectivity index (χ1) is 11.3. The van der Waals surface area contributed by atoms with Gasteiger partial charge in [-0.05, 0) is 55.5 Å². The van der Waals surface area contributed by atoms with Crippen molar-refractivity contribution in [1.82, 2.24) is 20.2 Å². The van der Waals surface area contributed by atoms with Crippen molar-refractivity contribution in [2.24, 2.45) is 11.8 Å². The average Bonchev–Trinajstić information content (AvgIpc) is 3.36. The van der Waals surface area contributed by atoms with Gasteiger partial charge in [0.15, 0.2) is 0 Å². The summed E-state index contributed by atoms with van der Waals surface area (Å²) in [6.45, 7) is -2.34. The summed E-state index contributed by atoms with van der Waals surface area (Å²) in [6.07, 6.45) is 4.64. The molecule has 2 heterocycles. The van der Waals surface area contributed by atoms with Crippen LogP contribution >= 0.6 is 0 Å². The van der Waals surface area contributed by atoms with Crippen molar-refractivity contribution in [3.8, 4) is 11.3 Å². The summed E-state index contributed by atoms with van der Waals surface area (Å²) in [6, 6.07) is 1.64. The standard InChI is InChI=1S/C15H16N4O2/c1-7-9(11-4-10(11)8-2-3-8)5-13(19-18-7)12-6-16-15(21)17-14(12)20/h5-6,8,10-11H,2-4H2,1H3,(H2,16,17,20,21)/t10-,11-/m1/s1/i1D3. The Morgan fingerprint density at radius 1 is 1.33 bits per heavy atom. The Bertz CT molecular complexity index is 914. The number of nitrogens with zero attached hydrogens (tertiary/aromatic N) is 2. The van der Waals surface area contributed by atoms with Gasteiger partial charge in [-0.25, -0.2) is 4.79 Å². The number of H-pyrrole nitrogens is 2. The fraction of sp³-hybridized carbons (Fsp3) is 0.467. The maximum Gasteiger partial charge on any atom is 0.325 e. The molecule has 6 heteroatoms. The van der Waals surface area contributed by atoms with E-state index in [1.807, 2.05) is 0 Å². The van der Waals surface area contributed by atoms with Gasteiger partial charge in [-0.1, -0.05) is 0 Å². The average molecular weight is 287 g/mol. The summed E-state index contributed by atoms with van der Waals surface area (Å²) >= 11 is 0. The molecule has 0 spiro atoms. The lowest BCUT2D eigenvalue weighted by Gasteiger charge is -2.06. The summed E-state index contributed by atoms with van der Waals surface area (Å²) in [5.41, 5.74) is -0.0639. The fourth-order valence-corrected chi connectivity index (χ4v) is 3.04. The van der Waals surface area contributed by atoms with Crippen LogP contribution in [-0.4, -0.2) is 20.2 Å². The van der Waals surface area contributed by atoms with Gasteiger partial charge in [-0.2, -0.15) is 5.10 Å². The van der Waals surface area contributed by atoms with Crippen LogP contribution in [0.1, 0.15) is 40.6 Å². The smallest absolute Gasteiger partial charge is 0.313 e. The first kappa shape index (κ1) is 9.65. The highest BCUT2D eigenvalue weighted by Gasteiger charge is 2.48. The van der Waals surface area contributed by atoms with E-state index in [2.05, 4.69) is 20.2 Å². The maximum atomic E-state index is 11.9. The molecule has 0 aliphatic heterocycles. The molecule has 2 aliphatic carbocycles. The van der Waals surface area contributed by atoms with Crippen molar-refractivity contribution in [2.75, 3.05) is 0 Å². The Labute approximate surface area is 124 Å². The summed E-state index contributed by atoms with van der Waals surface area (Å²) in [5, 5.41) is 7.82. The molecule has 2 aromatic heterocycles. The van der Waals surface area contributed by atoms with E-state index in [1.54, 1.807) is 6.07 Å². The monoisotopic (exact) mass is 287 g/mol. The third kappa shape index (κ3) is 2.20. The molecule has 0 unspecified atom stereocenters. The number of aromatic amines is 2. The van der Waals surface area contributed by atoms with Gasteiger partial charge in [0.25, 0.3) is 5.56 Å². The Kier molecular flexibility index (Phi) is 2.01. The van der Waals surface area contributed by atoms with Crippen LogP contribution < -0.4 is 11.2 Å². The molecular formula is C15H16N4O2. The first-order valence-corrected chi connectivity index (χ1v) is 7.05. The van der Waals surface area contributed by atoms with E-state index in [1.165, 1.54) is 19.0 Å². The minimum Gasteiger partial charge on any atom is -0.313 e. The molecule has 21 heavy (non-hydrogen) atoms. The zero-order valence-electron chi connectivity index (χ0n) is 14.2. The molecule has 2 fully saturated rings. The molecule has 0 radical (unpaired) electrons. The van der Waals surface area contributed by atoms with Gasteiger partial charge in [-0.15, -0.1) is 5.10 Å². The van der Waals surface area contributed by atoms with Crippen LogP contribution in [0.2, 0.25) is 0 Å². The van der Waals surface area contributed by atoms with Crippen molar-refractivity contribution >= 4 is 0 Å². The predicted octanol–water partition coefficient (Wildman–Crippen LogP) is 1.34. The molecule has 2 atom stereocenters. The number of nitrogens with one attached hydrogen (secondary N) is 2. The third-order valence-corrected chi connectivity index (χ3v) is 4.39. The van der Waals surface area contributed by atoms with Crippen molar-refractivity contribution in [3.63, 3.8) is 0 Å². The SMILES string of the molecule is [2H]C([2H])([2H])c1nnc(-c2c[nH]c(=O)[nH]c2=O)cc1[C@H]1C[C@@H]1C1CC1. The van der Waals surface area contributed by atoms with Crippen molar-refractivity contribution in [1.29, 1.82) is 0 Å². The van der Waals surface area contributed by atoms with Crippen LogP contribution in [0.15, 0.2) is 21.9 Å². The molecule has 108 valence electrons. The van der Waals surface area contributed by atoms with Crippen LogP contribution in [-0.2, 0) is 0 Å². The largest absolute Gasteiger partial charge is 0.325 e. The van der Waals surface area contributed by atoms with Crippen LogP contribution in [0.4, 0.5) is 0 Å². The second kappa shape index (κ2) is 4.38. The Hall–Kier alpha value is -2.24. The van der Waals surface area contributed by atoms with Gasteiger partial charge >= 0.3 is 5.69 Å². The van der Waals surface area contributed by atoms with Gasteiger partial charge in [0.05, 0.1) is 11.3 Å². The van der Waals surface area contributed by atoms with Crippen LogP contribution in [0, 0.1) is 18.7 Å². The summed E-state index contributed by atoms with van der Waals surface area (Å²) in [5.74, 6) is 1.37. The molecule has 0 bridgehead atoms. The summed E-state index contributed by atoms with van der Waals surface area (Å²) < 4.78 is 23.1. The molecule has 0 saturated heterocycles. The molecule has 4 rings (SSSR count). The highest BCUT2D eigenvalue weighted by molar-refractivity contribution is 5.57. The molecule has 6 nitrogen and oxygen atoms in total. The Morgan fingerprint density at radius 3 is 2.90 bits per heavy atom. The van der Waals surface area contributed by atoms with Crippen LogP contribution in [0.5, 0.6) is 0 Å². The normalized spacial score (nSPS) is 26.8. The lowest BCUT2D eigenvalue weighted by molar-refractivity contribution is 0.686. The van der Waals surface area contributed by atoms with E-state index in [9.17, 15) is 9.59 Å². The number of aromatic nitrogens is 4. The zero-order valence-corrected chi connectivity index (χ0v) is 11.2. The number of aryl methyl sites for hydroxylation is 1. The van der Waals surface area contributed by atoms with Gasteiger partial charge in [-0.3, -0.25) is 9.78 Å². The Morgan fingerprint density at radius 2 is 2.19 bits per heavy atom. The highest BCUT2D eigenvalue weighted by atomic mass is 16.2. The number of hydrogen-bond donors (Lipinski definition) is 2. The summed E-state index contributed by atoms with van der Waals surface area (Å²) in [4.78, 5) is 27.6. The fourth-order valence-electron chi connectivity index (χ4n) is 3.04. The first-order valence-electron chi connectivity index (χ1n) is 8.55. The summed E-state index contributed by atoms with van der Waals surface area (Å²) in [7, 11) is 0. The molecule has 2 aliphatic rings. The van der Waals surface area contributed by atoms with E-state index < -0.39 is 18.1 Å². The van der Waals surface area contributed by atoms with E-state index >= 15 is 0 Å². The lowest BCUT2D eigenvalue weighted by atomic mass is 10.0. The number of rotatable bonds is 3. The van der Waals surface area contributed by atoms with Gasteiger partial charge in [0.2, 0.25) is 0 Å². The Balaban J connectivity index is 1.80. The molecule has 0 amide bonds. The molecular weight excluding hydrogens is 268 g/mol. The van der Waals surface area contributed by atoms with Crippen molar-refractivity contribution < 1.29 is 4.11 Å². The van der Waals surface area contributed by atoms with Gasteiger partial charge in [0, 0.05) is 10.3 Å². The minimum absolute atomic E-state index is 0.0141. The van der Waals surface area contributed by atoms with E-state index in [-0.39, 0.29) is 22.9 Å². The predicted molar refractivity (Wildman–Crippen MR) is 77.0 cm³/mol. The molecule has 2 saturated carbocycles. The maximum absolute atomic E-state index is 11.9. The highest BCUT2D eigenvalue weighted by Crippen LogP contribution is 2.59. The molecule has 0 aromatic carbocycles. The molecule has 2 aromatic rings. The van der Waals surface area contributed by atoms with E-state index in [4.69, 9.17) is 4.11 Å². The third-order valence-electron chi connectivity index (χ3n) is 4.39. The second-order valence-electron chi connectivity index (χ2n) is 5.86. The second-order valence-corrected chi connectivity index (χ2v) is 5.86. The minimum atomic E-state index is -2.34. The molecule has 2 N–H and O–H groups in total. The van der Waals surface area contributed by atoms with E-state index in [0.29, 0.717) is 17.4 Å². The van der Waals surface area contributed by atoms with Gasteiger partial charge in [0.1, 0.15) is 5.69 Å². The zero-order chi connectivity index (χ0) is 17.1. The van der Waals surface area contributed by atoms with Crippen molar-refractivity contribution in [2.45, 2.75) is 32.0 Å².